The number of hydrogen-bond donors (Lipinski definition) is 2. The van der Waals surface area contributed by atoms with Crippen LogP contribution in [-0.2, 0) is 10.0 Å². The van der Waals surface area contributed by atoms with Gasteiger partial charge in [0.05, 0.1) is 16.8 Å². The molecule has 0 radical (unpaired) electrons. The minimum absolute atomic E-state index is 0.110. The lowest BCUT2D eigenvalue weighted by molar-refractivity contribution is 0.102. The maximum absolute atomic E-state index is 12.7. The summed E-state index contributed by atoms with van der Waals surface area (Å²) in [5.74, 6) is 0.537. The molecule has 0 atom stereocenters. The highest BCUT2D eigenvalue weighted by atomic mass is 32.2. The third kappa shape index (κ3) is 4.34. The summed E-state index contributed by atoms with van der Waals surface area (Å²) >= 11 is 0. The van der Waals surface area contributed by atoms with Crippen molar-refractivity contribution in [3.8, 4) is 0 Å². The quantitative estimate of drug-likeness (QED) is 0.802. The van der Waals surface area contributed by atoms with E-state index in [1.165, 1.54) is 32.4 Å². The van der Waals surface area contributed by atoms with Crippen LogP contribution in [0, 0.1) is 13.8 Å². The summed E-state index contributed by atoms with van der Waals surface area (Å²) in [5.41, 5.74) is 2.22. The van der Waals surface area contributed by atoms with Gasteiger partial charge in [-0.15, -0.1) is 0 Å². The van der Waals surface area contributed by atoms with E-state index in [0.29, 0.717) is 11.3 Å². The Balaban J connectivity index is 1.79. The number of carbonyl (C=O) groups is 1. The van der Waals surface area contributed by atoms with Crippen LogP contribution in [0.4, 0.5) is 11.5 Å². The lowest BCUT2D eigenvalue weighted by Gasteiger charge is -2.27. The monoisotopic (exact) mass is 402 g/mol. The SMILES string of the molecule is CNS(=O)(=O)c1cc(C(=O)Nc2ccc(N3CCCCC3)nc2)cc(C)c1C. The molecule has 1 aliphatic heterocycles. The van der Waals surface area contributed by atoms with Crippen LogP contribution < -0.4 is 14.9 Å². The van der Waals surface area contributed by atoms with Crippen LogP contribution in [0.3, 0.4) is 0 Å². The van der Waals surface area contributed by atoms with E-state index >= 15 is 0 Å². The molecule has 1 amide bonds. The molecule has 0 saturated carbocycles. The van der Waals surface area contributed by atoms with Crippen molar-refractivity contribution in [2.24, 2.45) is 0 Å². The smallest absolute Gasteiger partial charge is 0.255 e. The van der Waals surface area contributed by atoms with Crippen LogP contribution in [0.2, 0.25) is 0 Å². The van der Waals surface area contributed by atoms with Crippen molar-refractivity contribution in [3.05, 3.63) is 47.2 Å². The number of anilines is 2. The molecule has 2 heterocycles. The van der Waals surface area contributed by atoms with Crippen molar-refractivity contribution in [1.29, 1.82) is 0 Å². The lowest BCUT2D eigenvalue weighted by Crippen LogP contribution is -2.30. The number of piperidine rings is 1. The number of nitrogens with zero attached hydrogens (tertiary/aromatic N) is 2. The molecule has 1 aromatic heterocycles. The van der Waals surface area contributed by atoms with Crippen LogP contribution in [-0.4, -0.2) is 39.4 Å². The van der Waals surface area contributed by atoms with E-state index in [-0.39, 0.29) is 16.4 Å². The molecular formula is C20H26N4O3S. The number of amides is 1. The Kier molecular flexibility index (Phi) is 6.00. The van der Waals surface area contributed by atoms with Gasteiger partial charge in [-0.3, -0.25) is 4.79 Å². The summed E-state index contributed by atoms with van der Waals surface area (Å²) in [4.78, 5) is 19.5. The largest absolute Gasteiger partial charge is 0.357 e. The standard InChI is InChI=1S/C20H26N4O3S/c1-14-11-16(12-18(15(14)2)28(26,27)21-3)20(25)23-17-7-8-19(22-13-17)24-9-5-4-6-10-24/h7-8,11-13,21H,4-6,9-10H2,1-3H3,(H,23,25). The Morgan fingerprint density at radius 3 is 2.43 bits per heavy atom. The summed E-state index contributed by atoms with van der Waals surface area (Å²) in [7, 11) is -2.29. The summed E-state index contributed by atoms with van der Waals surface area (Å²) in [5, 5.41) is 2.80. The third-order valence-corrected chi connectivity index (χ3v) is 6.67. The number of aryl methyl sites for hydroxylation is 1. The van der Waals surface area contributed by atoms with Gasteiger partial charge in [-0.25, -0.2) is 18.1 Å². The summed E-state index contributed by atoms with van der Waals surface area (Å²) in [6.45, 7) is 5.52. The van der Waals surface area contributed by atoms with Crippen LogP contribution in [0.1, 0.15) is 40.7 Å². The molecule has 1 aromatic carbocycles. The molecule has 0 bridgehead atoms. The molecule has 1 aliphatic rings. The molecule has 2 aromatic rings. The van der Waals surface area contributed by atoms with Crippen LogP contribution >= 0.6 is 0 Å². The number of benzene rings is 1. The zero-order chi connectivity index (χ0) is 20.3. The van der Waals surface area contributed by atoms with Gasteiger partial charge in [0.15, 0.2) is 0 Å². The highest BCUT2D eigenvalue weighted by Crippen LogP contribution is 2.23. The fourth-order valence-electron chi connectivity index (χ4n) is 3.32. The normalized spacial score (nSPS) is 14.8. The summed E-state index contributed by atoms with van der Waals surface area (Å²) in [6.07, 6.45) is 5.23. The predicted octanol–water partition coefficient (Wildman–Crippen LogP) is 2.85. The zero-order valence-electron chi connectivity index (χ0n) is 16.4. The fraction of sp³-hybridized carbons (Fsp3) is 0.400. The van der Waals surface area contributed by atoms with E-state index in [0.717, 1.165) is 24.5 Å². The van der Waals surface area contributed by atoms with Gasteiger partial charge in [0.1, 0.15) is 5.82 Å². The third-order valence-electron chi connectivity index (χ3n) is 5.13. The number of hydrogen-bond acceptors (Lipinski definition) is 5. The van der Waals surface area contributed by atoms with Gasteiger partial charge >= 0.3 is 0 Å². The highest BCUT2D eigenvalue weighted by molar-refractivity contribution is 7.89. The number of nitrogens with one attached hydrogen (secondary N) is 2. The van der Waals surface area contributed by atoms with E-state index in [9.17, 15) is 13.2 Å². The first kappa shape index (κ1) is 20.3. The number of carbonyl (C=O) groups excluding carboxylic acids is 1. The Morgan fingerprint density at radius 2 is 1.82 bits per heavy atom. The average Bonchev–Trinajstić information content (AvgIpc) is 2.71. The number of aromatic nitrogens is 1. The van der Waals surface area contributed by atoms with Gasteiger partial charge in [0.25, 0.3) is 5.91 Å². The summed E-state index contributed by atoms with van der Waals surface area (Å²) in [6, 6.07) is 6.81. The van der Waals surface area contributed by atoms with Gasteiger partial charge in [0.2, 0.25) is 10.0 Å². The molecule has 28 heavy (non-hydrogen) atoms. The lowest BCUT2D eigenvalue weighted by atomic mass is 10.1. The topological polar surface area (TPSA) is 91.4 Å². The van der Waals surface area contributed by atoms with Crippen molar-refractivity contribution in [2.75, 3.05) is 30.4 Å². The Bertz CT molecular complexity index is 966. The second-order valence-corrected chi connectivity index (χ2v) is 8.89. The average molecular weight is 403 g/mol. The Hall–Kier alpha value is -2.45. The number of sulfonamides is 1. The second kappa shape index (κ2) is 8.28. The van der Waals surface area contributed by atoms with E-state index in [1.54, 1.807) is 26.1 Å². The first-order valence-corrected chi connectivity index (χ1v) is 10.9. The minimum Gasteiger partial charge on any atom is -0.357 e. The van der Waals surface area contributed by atoms with Crippen molar-refractivity contribution in [2.45, 2.75) is 38.0 Å². The van der Waals surface area contributed by atoms with Gasteiger partial charge in [-0.2, -0.15) is 0 Å². The van der Waals surface area contributed by atoms with E-state index in [4.69, 9.17) is 0 Å². The molecule has 8 heteroatoms. The molecule has 1 fully saturated rings. The van der Waals surface area contributed by atoms with E-state index in [1.807, 2.05) is 12.1 Å². The molecule has 0 unspecified atom stereocenters. The van der Waals surface area contributed by atoms with Crippen molar-refractivity contribution in [3.63, 3.8) is 0 Å². The highest BCUT2D eigenvalue weighted by Gasteiger charge is 2.19. The van der Waals surface area contributed by atoms with Crippen LogP contribution in [0.25, 0.3) is 0 Å². The minimum atomic E-state index is -3.65. The molecule has 3 rings (SSSR count). The van der Waals surface area contributed by atoms with Crippen molar-refractivity contribution in [1.82, 2.24) is 9.71 Å². The van der Waals surface area contributed by atoms with Crippen molar-refractivity contribution < 1.29 is 13.2 Å². The maximum atomic E-state index is 12.7. The predicted molar refractivity (Wildman–Crippen MR) is 110 cm³/mol. The molecule has 150 valence electrons. The Morgan fingerprint density at radius 1 is 1.11 bits per heavy atom. The van der Waals surface area contributed by atoms with Gasteiger partial charge in [0, 0.05) is 18.7 Å². The van der Waals surface area contributed by atoms with E-state index in [2.05, 4.69) is 19.9 Å². The fourth-order valence-corrected chi connectivity index (χ4v) is 4.39. The van der Waals surface area contributed by atoms with Gasteiger partial charge < -0.3 is 10.2 Å². The van der Waals surface area contributed by atoms with Crippen molar-refractivity contribution >= 4 is 27.4 Å². The first-order valence-electron chi connectivity index (χ1n) is 9.39. The molecule has 0 aliphatic carbocycles. The number of pyridine rings is 1. The van der Waals surface area contributed by atoms with E-state index < -0.39 is 10.0 Å². The molecule has 0 spiro atoms. The first-order chi connectivity index (χ1) is 13.3. The molecule has 7 nitrogen and oxygen atoms in total. The zero-order valence-corrected chi connectivity index (χ0v) is 17.3. The summed E-state index contributed by atoms with van der Waals surface area (Å²) < 4.78 is 26.8. The van der Waals surface area contributed by atoms with Gasteiger partial charge in [-0.1, -0.05) is 0 Å². The molecule has 2 N–H and O–H groups in total. The van der Waals surface area contributed by atoms with Crippen LogP contribution in [0.5, 0.6) is 0 Å². The number of rotatable bonds is 5. The maximum Gasteiger partial charge on any atom is 0.255 e. The van der Waals surface area contributed by atoms with Gasteiger partial charge in [-0.05, 0) is 75.5 Å². The van der Waals surface area contributed by atoms with Crippen LogP contribution in [0.15, 0.2) is 35.4 Å². The molecule has 1 saturated heterocycles. The Labute approximate surface area is 166 Å². The second-order valence-electron chi connectivity index (χ2n) is 7.03. The molecular weight excluding hydrogens is 376 g/mol.